The summed E-state index contributed by atoms with van der Waals surface area (Å²) < 4.78 is 8.52. The molecule has 1 atom stereocenters. The standard InChI is InChI=1S/O3Si.H3P/c1-4(2)3;/h;1H3/q-2;. The molecule has 0 N–H and O–H groups in total. The van der Waals surface area contributed by atoms with Crippen molar-refractivity contribution in [2.45, 2.75) is 0 Å². The minimum atomic E-state index is -3.63. The monoisotopic (exact) mass is 110 g/mol. The second-order valence-corrected chi connectivity index (χ2v) is 0.750. The summed E-state index contributed by atoms with van der Waals surface area (Å²) in [5.74, 6) is 0. The van der Waals surface area contributed by atoms with Gasteiger partial charge in [-0.3, -0.25) is 0 Å². The summed E-state index contributed by atoms with van der Waals surface area (Å²) in [6, 6.07) is 0. The predicted octanol–water partition coefficient (Wildman–Crippen LogP) is -2.82. The maximum atomic E-state index is 8.52. The molecule has 0 saturated heterocycles. The van der Waals surface area contributed by atoms with Crippen LogP contribution in [0.2, 0.25) is 0 Å². The van der Waals surface area contributed by atoms with Gasteiger partial charge in [0.1, 0.15) is 0 Å². The zero-order valence-corrected chi connectivity index (χ0v) is 4.85. The van der Waals surface area contributed by atoms with Crippen molar-refractivity contribution in [1.82, 2.24) is 0 Å². The van der Waals surface area contributed by atoms with Gasteiger partial charge in [-0.2, -0.15) is 9.90 Å². The topological polar surface area (TPSA) is 63.2 Å². The molecule has 0 aromatic rings. The largest absolute Gasteiger partial charge is 0.672 e. The highest BCUT2D eigenvalue weighted by molar-refractivity contribution is 6.92. The molecule has 0 amide bonds. The van der Waals surface area contributed by atoms with Gasteiger partial charge in [0.2, 0.25) is 0 Å². The molecule has 0 heterocycles. The van der Waals surface area contributed by atoms with Gasteiger partial charge in [0.15, 0.2) is 0 Å². The summed E-state index contributed by atoms with van der Waals surface area (Å²) in [6.45, 7) is 0. The maximum Gasteiger partial charge on any atom is 0.0172 e. The molecule has 0 bridgehead atoms. The lowest BCUT2D eigenvalue weighted by Gasteiger charge is -1.94. The zero-order chi connectivity index (χ0) is 3.58. The van der Waals surface area contributed by atoms with Crippen LogP contribution in [0.1, 0.15) is 0 Å². The van der Waals surface area contributed by atoms with E-state index in [9.17, 15) is 0 Å². The van der Waals surface area contributed by atoms with E-state index >= 15 is 0 Å². The van der Waals surface area contributed by atoms with E-state index in [0.29, 0.717) is 0 Å². The first-order valence-corrected chi connectivity index (χ1v) is 1.84. The highest BCUT2D eigenvalue weighted by Gasteiger charge is 1.29. The lowest BCUT2D eigenvalue weighted by Crippen LogP contribution is -2.34. The van der Waals surface area contributed by atoms with Crippen LogP contribution in [-0.4, -0.2) is 9.17 Å². The summed E-state index contributed by atoms with van der Waals surface area (Å²) in [7, 11) is -3.63. The third-order valence-corrected chi connectivity index (χ3v) is 0. The Morgan fingerprint density at radius 2 is 1.40 bits per heavy atom. The molecule has 0 aliphatic rings. The molecular weight excluding hydrogens is 107 g/mol. The van der Waals surface area contributed by atoms with Gasteiger partial charge in [-0.25, -0.2) is 0 Å². The first-order chi connectivity index (χ1) is 1.73. The molecule has 5 heavy (non-hydrogen) atoms. The molecule has 3 nitrogen and oxygen atoms in total. The number of hydrogen-bond acceptors (Lipinski definition) is 3. The molecule has 32 valence electrons. The summed E-state index contributed by atoms with van der Waals surface area (Å²) >= 11 is 0. The van der Waals surface area contributed by atoms with Crippen molar-refractivity contribution >= 4 is 19.1 Å². The Balaban J connectivity index is 0. The molecule has 0 rings (SSSR count). The quantitative estimate of drug-likeness (QED) is 0.249. The van der Waals surface area contributed by atoms with Crippen LogP contribution >= 0.6 is 9.90 Å². The van der Waals surface area contributed by atoms with Crippen LogP contribution in [0.3, 0.4) is 0 Å². The summed E-state index contributed by atoms with van der Waals surface area (Å²) in [6.07, 6.45) is 0. The molecule has 0 radical (unpaired) electrons. The Kier molecular flexibility index (Phi) is 7.21. The van der Waals surface area contributed by atoms with Crippen molar-refractivity contribution < 1.29 is 14.1 Å². The van der Waals surface area contributed by atoms with Gasteiger partial charge in [0, 0.05) is 9.17 Å². The van der Waals surface area contributed by atoms with Crippen LogP contribution in [-0.2, 0) is 4.46 Å². The van der Waals surface area contributed by atoms with Crippen LogP contribution in [0.15, 0.2) is 0 Å². The summed E-state index contributed by atoms with van der Waals surface area (Å²) in [5.41, 5.74) is 0. The molecule has 0 aromatic heterocycles. The van der Waals surface area contributed by atoms with Crippen molar-refractivity contribution in [2.75, 3.05) is 0 Å². The normalized spacial score (nSPS) is 4.80. The van der Waals surface area contributed by atoms with E-state index in [2.05, 4.69) is 0 Å². The lowest BCUT2D eigenvalue weighted by atomic mass is 15.8. The Labute approximate surface area is 34.2 Å². The summed E-state index contributed by atoms with van der Waals surface area (Å²) in [5, 5.41) is 0. The van der Waals surface area contributed by atoms with Gasteiger partial charge in [0.05, 0.1) is 0 Å². The van der Waals surface area contributed by atoms with Gasteiger partial charge in [-0.05, 0) is 0 Å². The van der Waals surface area contributed by atoms with Crippen molar-refractivity contribution in [3.05, 3.63) is 0 Å². The third kappa shape index (κ3) is 7710. The minimum Gasteiger partial charge on any atom is -0.672 e. The van der Waals surface area contributed by atoms with Crippen LogP contribution in [0.5, 0.6) is 0 Å². The first kappa shape index (κ1) is 8.90. The van der Waals surface area contributed by atoms with E-state index < -0.39 is 9.17 Å². The fourth-order valence-electron chi connectivity index (χ4n) is 0. The fourth-order valence-corrected chi connectivity index (χ4v) is 0. The highest BCUT2D eigenvalue weighted by Crippen LogP contribution is 0.990. The van der Waals surface area contributed by atoms with Crippen molar-refractivity contribution in [3.63, 3.8) is 0 Å². The molecule has 0 aliphatic carbocycles. The van der Waals surface area contributed by atoms with Gasteiger partial charge < -0.3 is 14.1 Å². The Bertz CT molecular complexity index is 29.9. The predicted molar refractivity (Wildman–Crippen MR) is 17.5 cm³/mol. The van der Waals surface area contributed by atoms with Gasteiger partial charge >= 0.3 is 0 Å². The molecule has 0 fully saturated rings. The van der Waals surface area contributed by atoms with Crippen LogP contribution in [0.4, 0.5) is 0 Å². The van der Waals surface area contributed by atoms with Crippen LogP contribution < -0.4 is 9.59 Å². The second kappa shape index (κ2) is 4.05. The SMILES string of the molecule is O=[Si]([O-])[O-].P. The molecule has 5 heteroatoms. The van der Waals surface area contributed by atoms with E-state index in [1.807, 2.05) is 0 Å². The Morgan fingerprint density at radius 1 is 1.40 bits per heavy atom. The Morgan fingerprint density at radius 3 is 1.40 bits per heavy atom. The van der Waals surface area contributed by atoms with Crippen molar-refractivity contribution in [3.8, 4) is 0 Å². The molecule has 0 saturated carbocycles. The lowest BCUT2D eigenvalue weighted by molar-refractivity contribution is -0.354. The fraction of sp³-hybridized carbons (Fsp3) is 0. The smallest absolute Gasteiger partial charge is 0.0172 e. The minimum absolute atomic E-state index is 0. The highest BCUT2D eigenvalue weighted by atomic mass is 31.0. The molecule has 0 aliphatic heterocycles. The molecular formula is H3O3PSi-2. The summed E-state index contributed by atoms with van der Waals surface area (Å²) in [4.78, 5) is 17.0. The van der Waals surface area contributed by atoms with Crippen LogP contribution in [0, 0.1) is 0 Å². The molecule has 0 aromatic carbocycles. The number of rotatable bonds is 0. The first-order valence-electron chi connectivity index (χ1n) is 0.612. The van der Waals surface area contributed by atoms with E-state index in [4.69, 9.17) is 14.1 Å². The number of hydrogen-bond donors (Lipinski definition) is 0. The average molecular weight is 110 g/mol. The second-order valence-electron chi connectivity index (χ2n) is 0.250. The van der Waals surface area contributed by atoms with Crippen molar-refractivity contribution in [1.29, 1.82) is 0 Å². The van der Waals surface area contributed by atoms with Gasteiger partial charge in [-0.1, -0.05) is 0 Å². The zero-order valence-electron chi connectivity index (χ0n) is 2.43. The maximum absolute atomic E-state index is 8.52. The van der Waals surface area contributed by atoms with E-state index in [1.54, 1.807) is 0 Å². The van der Waals surface area contributed by atoms with Gasteiger partial charge in [0.25, 0.3) is 0 Å². The third-order valence-electron chi connectivity index (χ3n) is 0. The van der Waals surface area contributed by atoms with Gasteiger partial charge in [-0.15, -0.1) is 0 Å². The van der Waals surface area contributed by atoms with Crippen LogP contribution in [0.25, 0.3) is 0 Å². The van der Waals surface area contributed by atoms with E-state index in [0.717, 1.165) is 0 Å². The van der Waals surface area contributed by atoms with Crippen molar-refractivity contribution in [2.24, 2.45) is 0 Å². The molecule has 0 spiro atoms. The van der Waals surface area contributed by atoms with E-state index in [-0.39, 0.29) is 9.90 Å². The van der Waals surface area contributed by atoms with E-state index in [1.165, 1.54) is 0 Å². The Hall–Kier alpha value is 0.0469. The molecule has 1 unspecified atom stereocenters. The average Bonchev–Trinajstić information content (AvgIpc) is 0.811.